The van der Waals surface area contributed by atoms with Gasteiger partial charge in [0.1, 0.15) is 6.10 Å². The zero-order valence-corrected chi connectivity index (χ0v) is 25.0. The lowest BCUT2D eigenvalue weighted by Crippen LogP contribution is -2.54. The minimum absolute atomic E-state index is 0.0959. The highest BCUT2D eigenvalue weighted by Crippen LogP contribution is 2.70. The van der Waals surface area contributed by atoms with Crippen LogP contribution in [0.25, 0.3) is 0 Å². The molecule has 0 amide bonds. The van der Waals surface area contributed by atoms with E-state index in [-0.39, 0.29) is 12.1 Å². The Morgan fingerprint density at radius 2 is 1.78 bits per heavy atom. The van der Waals surface area contributed by atoms with Crippen LogP contribution in [0.5, 0.6) is 0 Å². The van der Waals surface area contributed by atoms with Crippen LogP contribution in [0.2, 0.25) is 0 Å². The maximum Gasteiger partial charge on any atom is 0.302 e. The lowest BCUT2D eigenvalue weighted by atomic mass is 9.44. The van der Waals surface area contributed by atoms with Gasteiger partial charge in [-0.3, -0.25) is 4.79 Å². The summed E-state index contributed by atoms with van der Waals surface area (Å²) in [5.41, 5.74) is 0.918. The molecule has 2 aliphatic heterocycles. The maximum absolute atomic E-state index is 11.6. The Kier molecular flexibility index (Phi) is 7.29. The van der Waals surface area contributed by atoms with E-state index in [2.05, 4.69) is 51.2 Å². The Balaban J connectivity index is 1.11. The largest absolute Gasteiger partial charge is 0.463 e. The fraction of sp³-hybridized carbons (Fsp3) is 0.968. The highest BCUT2D eigenvalue weighted by Gasteiger charge is 2.65. The minimum Gasteiger partial charge on any atom is -0.463 e. The Morgan fingerprint density at radius 1 is 1.03 bits per heavy atom. The number of rotatable bonds is 5. The first-order valence-electron chi connectivity index (χ1n) is 15.3. The molecule has 0 bridgehead atoms. The van der Waals surface area contributed by atoms with Gasteiger partial charge in [0, 0.05) is 18.4 Å². The predicted octanol–water partition coefficient (Wildman–Crippen LogP) is 7.81. The van der Waals surface area contributed by atoms with Gasteiger partial charge in [0.25, 0.3) is 0 Å². The van der Waals surface area contributed by atoms with Crippen molar-refractivity contribution in [2.45, 2.75) is 122 Å². The molecule has 6 aliphatic rings. The molecule has 0 unspecified atom stereocenters. The van der Waals surface area contributed by atoms with E-state index in [0.29, 0.717) is 29.0 Å². The molecule has 0 aromatic carbocycles. The third-order valence-electron chi connectivity index (χ3n) is 12.6. The minimum atomic E-state index is -0.0959. The Hall–Kier alpha value is 0.130. The van der Waals surface area contributed by atoms with Crippen LogP contribution in [0.1, 0.15) is 98.8 Å². The van der Waals surface area contributed by atoms with Crippen LogP contribution in [0.3, 0.4) is 0 Å². The molecular weight excluding hydrogens is 484 g/mol. The molecule has 0 aromatic heterocycles. The second kappa shape index (κ2) is 9.95. The van der Waals surface area contributed by atoms with E-state index in [0.717, 1.165) is 52.9 Å². The van der Waals surface area contributed by atoms with E-state index in [9.17, 15) is 4.79 Å². The predicted molar refractivity (Wildman–Crippen MR) is 151 cm³/mol. The first-order valence-corrected chi connectivity index (χ1v) is 17.4. The summed E-state index contributed by atoms with van der Waals surface area (Å²) in [4.78, 5) is 11.6. The van der Waals surface area contributed by atoms with Crippen molar-refractivity contribution in [2.75, 3.05) is 11.5 Å². The van der Waals surface area contributed by atoms with Crippen LogP contribution in [-0.4, -0.2) is 40.4 Å². The van der Waals surface area contributed by atoms with Gasteiger partial charge >= 0.3 is 5.97 Å². The summed E-state index contributed by atoms with van der Waals surface area (Å²) in [6.07, 6.45) is 14.0. The highest BCUT2D eigenvalue weighted by molar-refractivity contribution is 8.20. The van der Waals surface area contributed by atoms with Gasteiger partial charge in [-0.1, -0.05) is 27.7 Å². The van der Waals surface area contributed by atoms with E-state index >= 15 is 0 Å². The highest BCUT2D eigenvalue weighted by atomic mass is 32.2. The first kappa shape index (κ1) is 26.4. The van der Waals surface area contributed by atoms with Crippen LogP contribution in [0.4, 0.5) is 0 Å². The lowest BCUT2D eigenvalue weighted by molar-refractivity contribution is -0.160. The number of carbonyl (C=O) groups is 1. The third kappa shape index (κ3) is 4.32. The second-order valence-electron chi connectivity index (χ2n) is 14.2. The number of carbonyl (C=O) groups excluding carboxylic acids is 1. The molecule has 4 aliphatic carbocycles. The van der Waals surface area contributed by atoms with Crippen LogP contribution in [0, 0.1) is 52.3 Å². The van der Waals surface area contributed by atoms with Gasteiger partial charge in [0.15, 0.2) is 0 Å². The normalized spacial score (nSPS) is 51.2. The molecule has 4 saturated carbocycles. The van der Waals surface area contributed by atoms with Crippen molar-refractivity contribution in [3.05, 3.63) is 0 Å². The summed E-state index contributed by atoms with van der Waals surface area (Å²) in [5.74, 6) is 8.21. The Bertz CT molecular complexity index is 829. The van der Waals surface area contributed by atoms with Crippen molar-refractivity contribution in [1.82, 2.24) is 0 Å². The SMILES string of the molecule is CC(=O)O[C@H]1CC[C@@]2(C)[C@@H](CC[C@@H]3[C@@H]2CC[C@]2(C)[C@H]4[C@@H](C)[C@@H](CC[C@@H](C)C5SCCS5)O[C@H]4C[C@@H]32)C1. The quantitative estimate of drug-likeness (QED) is 0.336. The zero-order valence-electron chi connectivity index (χ0n) is 23.4. The van der Waals surface area contributed by atoms with Gasteiger partial charge in [-0.25, -0.2) is 0 Å². The van der Waals surface area contributed by atoms with E-state index in [1.807, 2.05) is 0 Å². The monoisotopic (exact) mass is 534 g/mol. The van der Waals surface area contributed by atoms with E-state index in [4.69, 9.17) is 9.47 Å². The summed E-state index contributed by atoms with van der Waals surface area (Å²) in [7, 11) is 0. The third-order valence-corrected chi connectivity index (χ3v) is 16.1. The second-order valence-corrected chi connectivity index (χ2v) is 17.0. The summed E-state index contributed by atoms with van der Waals surface area (Å²) in [6.45, 7) is 11.9. The molecule has 0 N–H and O–H groups in total. The number of thioether (sulfide) groups is 2. The van der Waals surface area contributed by atoms with Gasteiger partial charge in [-0.05, 0) is 116 Å². The molecule has 0 radical (unpaired) electrons. The van der Waals surface area contributed by atoms with Crippen LogP contribution >= 0.6 is 23.5 Å². The number of hydrogen-bond donors (Lipinski definition) is 0. The molecule has 2 heterocycles. The summed E-state index contributed by atoms with van der Waals surface area (Å²) >= 11 is 4.37. The summed E-state index contributed by atoms with van der Waals surface area (Å²) in [6, 6.07) is 0. The van der Waals surface area contributed by atoms with Crippen LogP contribution < -0.4 is 0 Å². The van der Waals surface area contributed by atoms with Gasteiger partial charge in [0.05, 0.1) is 16.8 Å². The molecule has 204 valence electrons. The summed E-state index contributed by atoms with van der Waals surface area (Å²) < 4.78 is 13.5. The molecular formula is C31H50O3S2. The average Bonchev–Trinajstić information content (AvgIpc) is 3.54. The van der Waals surface area contributed by atoms with Gasteiger partial charge < -0.3 is 9.47 Å². The smallest absolute Gasteiger partial charge is 0.302 e. The number of hydrogen-bond acceptors (Lipinski definition) is 5. The molecule has 2 saturated heterocycles. The van der Waals surface area contributed by atoms with Crippen molar-refractivity contribution in [3.8, 4) is 0 Å². The first-order chi connectivity index (χ1) is 17.2. The van der Waals surface area contributed by atoms with Gasteiger partial charge in [-0.15, -0.1) is 23.5 Å². The molecule has 0 aromatic rings. The maximum atomic E-state index is 11.6. The molecule has 6 fully saturated rings. The fourth-order valence-corrected chi connectivity index (χ4v) is 14.0. The molecule has 12 atom stereocenters. The fourth-order valence-electron chi connectivity index (χ4n) is 10.8. The average molecular weight is 535 g/mol. The number of fused-ring (bicyclic) bond motifs is 7. The van der Waals surface area contributed by atoms with E-state index in [1.54, 1.807) is 6.92 Å². The van der Waals surface area contributed by atoms with Crippen LogP contribution in [-0.2, 0) is 14.3 Å². The molecule has 3 nitrogen and oxygen atoms in total. The topological polar surface area (TPSA) is 35.5 Å². The Labute approximate surface area is 228 Å². The van der Waals surface area contributed by atoms with E-state index < -0.39 is 0 Å². The summed E-state index contributed by atoms with van der Waals surface area (Å²) in [5, 5.41) is 0. The number of ether oxygens (including phenoxy) is 2. The Morgan fingerprint density at radius 3 is 2.53 bits per heavy atom. The van der Waals surface area contributed by atoms with Crippen molar-refractivity contribution in [1.29, 1.82) is 0 Å². The van der Waals surface area contributed by atoms with Crippen molar-refractivity contribution in [2.24, 2.45) is 52.3 Å². The van der Waals surface area contributed by atoms with Gasteiger partial charge in [0.2, 0.25) is 0 Å². The molecule has 5 heteroatoms. The number of esters is 1. The van der Waals surface area contributed by atoms with Crippen molar-refractivity contribution >= 4 is 29.5 Å². The van der Waals surface area contributed by atoms with Crippen molar-refractivity contribution < 1.29 is 14.3 Å². The molecule has 36 heavy (non-hydrogen) atoms. The van der Waals surface area contributed by atoms with Crippen molar-refractivity contribution in [3.63, 3.8) is 0 Å². The molecule has 0 spiro atoms. The molecule has 6 rings (SSSR count). The lowest BCUT2D eigenvalue weighted by Gasteiger charge is -2.61. The van der Waals surface area contributed by atoms with E-state index in [1.165, 1.54) is 62.9 Å². The van der Waals surface area contributed by atoms with Crippen LogP contribution in [0.15, 0.2) is 0 Å². The van der Waals surface area contributed by atoms with Gasteiger partial charge in [-0.2, -0.15) is 0 Å². The standard InChI is InChI=1S/C31H50O3S2/c1-18(29-35-14-15-36-29)6-9-26-19(2)28-27(34-26)17-25-23-8-7-21-16-22(33-20(3)32)10-12-30(21,4)24(23)11-13-31(25,28)5/h18-19,21-29H,6-17H2,1-5H3/t18-,19+,21+,22+,23-,24+,25+,26-,27+,28+,30+,31+/m1/s1. The zero-order chi connectivity index (χ0) is 25.2.